The molecule has 0 unspecified atom stereocenters. The van der Waals surface area contributed by atoms with E-state index in [1.807, 2.05) is 23.3 Å². The van der Waals surface area contributed by atoms with Gasteiger partial charge in [0.25, 0.3) is 0 Å². The summed E-state index contributed by atoms with van der Waals surface area (Å²) in [6.07, 6.45) is 2.05. The molecule has 1 aromatic rings. The molecule has 20 heavy (non-hydrogen) atoms. The summed E-state index contributed by atoms with van der Waals surface area (Å²) in [5.74, 6) is 0.355. The molecular formula is C17H25NO2. The third kappa shape index (κ3) is 3.04. The van der Waals surface area contributed by atoms with Gasteiger partial charge in [0.15, 0.2) is 0 Å². The Morgan fingerprint density at radius 1 is 1.10 bits per heavy atom. The second-order valence-corrected chi connectivity index (χ2v) is 7.18. The van der Waals surface area contributed by atoms with E-state index in [0.29, 0.717) is 11.5 Å². The highest BCUT2D eigenvalue weighted by molar-refractivity contribution is 5.89. The number of carbonyl (C=O) groups is 1. The number of hydroxylamine groups is 2. The van der Waals surface area contributed by atoms with Crippen LogP contribution in [0.25, 0.3) is 0 Å². The second kappa shape index (κ2) is 5.21. The standard InChI is InChI=1S/C17H25NO2/c1-13-11-16(2,3)18(17(4,5)12-13)20-15(19)14-9-7-6-8-10-14/h6-10,13H,11-12H2,1-5H3. The molecule has 1 aliphatic rings. The minimum atomic E-state index is -0.277. The first kappa shape index (κ1) is 15.0. The van der Waals surface area contributed by atoms with Crippen LogP contribution in [-0.2, 0) is 4.84 Å². The molecule has 0 radical (unpaired) electrons. The van der Waals surface area contributed by atoms with Crippen LogP contribution in [0.4, 0.5) is 0 Å². The highest BCUT2D eigenvalue weighted by Crippen LogP contribution is 2.41. The van der Waals surface area contributed by atoms with Crippen molar-refractivity contribution in [2.45, 2.75) is 58.5 Å². The zero-order chi connectivity index (χ0) is 15.0. The lowest BCUT2D eigenvalue weighted by atomic mass is 9.76. The minimum Gasteiger partial charge on any atom is -0.363 e. The first-order valence-electron chi connectivity index (χ1n) is 7.30. The van der Waals surface area contributed by atoms with Crippen LogP contribution >= 0.6 is 0 Å². The van der Waals surface area contributed by atoms with E-state index in [9.17, 15) is 4.79 Å². The van der Waals surface area contributed by atoms with Crippen molar-refractivity contribution in [1.29, 1.82) is 0 Å². The van der Waals surface area contributed by atoms with E-state index < -0.39 is 0 Å². The monoisotopic (exact) mass is 275 g/mol. The maximum atomic E-state index is 12.3. The van der Waals surface area contributed by atoms with Gasteiger partial charge in [0.05, 0.1) is 16.6 Å². The molecule has 0 spiro atoms. The molecule has 2 rings (SSSR count). The van der Waals surface area contributed by atoms with Crippen molar-refractivity contribution in [2.75, 3.05) is 0 Å². The van der Waals surface area contributed by atoms with Crippen LogP contribution in [0.3, 0.4) is 0 Å². The first-order valence-corrected chi connectivity index (χ1v) is 7.30. The molecule has 0 bridgehead atoms. The number of hydrogen-bond donors (Lipinski definition) is 0. The van der Waals surface area contributed by atoms with Crippen molar-refractivity contribution in [2.24, 2.45) is 5.92 Å². The Morgan fingerprint density at radius 2 is 1.60 bits per heavy atom. The van der Waals surface area contributed by atoms with Gasteiger partial charge in [0.1, 0.15) is 0 Å². The maximum Gasteiger partial charge on any atom is 0.357 e. The first-order chi connectivity index (χ1) is 9.22. The number of piperidine rings is 1. The SMILES string of the molecule is CC1CC(C)(C)N(OC(=O)c2ccccc2)C(C)(C)C1. The van der Waals surface area contributed by atoms with Gasteiger partial charge in [0.2, 0.25) is 0 Å². The molecule has 1 aliphatic heterocycles. The highest BCUT2D eigenvalue weighted by Gasteiger charge is 2.46. The summed E-state index contributed by atoms with van der Waals surface area (Å²) in [5.41, 5.74) is 0.301. The maximum absolute atomic E-state index is 12.3. The zero-order valence-electron chi connectivity index (χ0n) is 13.1. The molecule has 0 atom stereocenters. The Hall–Kier alpha value is -1.35. The number of hydrogen-bond acceptors (Lipinski definition) is 3. The Labute approximate surface area is 121 Å². The average Bonchev–Trinajstić information content (AvgIpc) is 2.33. The molecule has 1 fully saturated rings. The van der Waals surface area contributed by atoms with Gasteiger partial charge in [-0.05, 0) is 58.6 Å². The summed E-state index contributed by atoms with van der Waals surface area (Å²) in [6, 6.07) is 9.17. The van der Waals surface area contributed by atoms with Gasteiger partial charge in [-0.25, -0.2) is 4.79 Å². The van der Waals surface area contributed by atoms with Crippen LogP contribution < -0.4 is 0 Å². The largest absolute Gasteiger partial charge is 0.363 e. The van der Waals surface area contributed by atoms with Crippen molar-refractivity contribution in [3.8, 4) is 0 Å². The summed E-state index contributed by atoms with van der Waals surface area (Å²) >= 11 is 0. The van der Waals surface area contributed by atoms with Crippen molar-refractivity contribution in [1.82, 2.24) is 5.06 Å². The zero-order valence-corrected chi connectivity index (χ0v) is 13.1. The van der Waals surface area contributed by atoms with Gasteiger partial charge < -0.3 is 4.84 Å². The van der Waals surface area contributed by atoms with Crippen molar-refractivity contribution >= 4 is 5.97 Å². The lowest BCUT2D eigenvalue weighted by Crippen LogP contribution is -2.60. The van der Waals surface area contributed by atoms with Gasteiger partial charge in [-0.2, -0.15) is 0 Å². The van der Waals surface area contributed by atoms with Gasteiger partial charge in [0, 0.05) is 0 Å². The molecule has 1 aromatic carbocycles. The highest BCUT2D eigenvalue weighted by atomic mass is 16.7. The molecular weight excluding hydrogens is 250 g/mol. The van der Waals surface area contributed by atoms with Gasteiger partial charge in [-0.15, -0.1) is 5.06 Å². The van der Waals surface area contributed by atoms with Gasteiger partial charge >= 0.3 is 5.97 Å². The molecule has 0 saturated carbocycles. The Morgan fingerprint density at radius 3 is 2.10 bits per heavy atom. The number of nitrogens with zero attached hydrogens (tertiary/aromatic N) is 1. The summed E-state index contributed by atoms with van der Waals surface area (Å²) in [4.78, 5) is 18.1. The third-order valence-corrected chi connectivity index (χ3v) is 3.98. The Kier molecular flexibility index (Phi) is 3.92. The number of carbonyl (C=O) groups excluding carboxylic acids is 1. The topological polar surface area (TPSA) is 29.5 Å². The van der Waals surface area contributed by atoms with Crippen LogP contribution in [-0.4, -0.2) is 22.1 Å². The van der Waals surface area contributed by atoms with Crippen molar-refractivity contribution < 1.29 is 9.63 Å². The van der Waals surface area contributed by atoms with E-state index in [1.165, 1.54) is 0 Å². The molecule has 1 saturated heterocycles. The van der Waals surface area contributed by atoms with E-state index >= 15 is 0 Å². The lowest BCUT2D eigenvalue weighted by molar-refractivity contribution is -0.248. The van der Waals surface area contributed by atoms with Gasteiger partial charge in [-0.1, -0.05) is 25.1 Å². The van der Waals surface area contributed by atoms with Crippen LogP contribution in [0, 0.1) is 5.92 Å². The lowest BCUT2D eigenvalue weighted by Gasteiger charge is -2.52. The van der Waals surface area contributed by atoms with E-state index in [0.717, 1.165) is 12.8 Å². The van der Waals surface area contributed by atoms with Gasteiger partial charge in [-0.3, -0.25) is 0 Å². The van der Waals surface area contributed by atoms with Crippen LogP contribution in [0.2, 0.25) is 0 Å². The predicted octanol–water partition coefficient (Wildman–Crippen LogP) is 4.05. The van der Waals surface area contributed by atoms with Crippen molar-refractivity contribution in [3.63, 3.8) is 0 Å². The molecule has 0 amide bonds. The minimum absolute atomic E-state index is 0.147. The number of benzene rings is 1. The fraction of sp³-hybridized carbons (Fsp3) is 0.588. The molecule has 3 nitrogen and oxygen atoms in total. The molecule has 3 heteroatoms. The summed E-state index contributed by atoms with van der Waals surface area (Å²) in [6.45, 7) is 10.8. The predicted molar refractivity (Wildman–Crippen MR) is 80.3 cm³/mol. The fourth-order valence-electron chi connectivity index (χ4n) is 3.72. The Bertz CT molecular complexity index is 461. The van der Waals surface area contributed by atoms with Crippen LogP contribution in [0.1, 0.15) is 57.8 Å². The normalized spacial score (nSPS) is 22.4. The van der Waals surface area contributed by atoms with Crippen LogP contribution in [0.5, 0.6) is 0 Å². The summed E-state index contributed by atoms with van der Waals surface area (Å²) in [7, 11) is 0. The average molecular weight is 275 g/mol. The summed E-state index contributed by atoms with van der Waals surface area (Å²) in [5, 5.41) is 1.90. The van der Waals surface area contributed by atoms with E-state index in [1.54, 1.807) is 12.1 Å². The molecule has 0 N–H and O–H groups in total. The number of rotatable bonds is 2. The quantitative estimate of drug-likeness (QED) is 0.815. The molecule has 0 aromatic heterocycles. The van der Waals surface area contributed by atoms with E-state index in [4.69, 9.17) is 4.84 Å². The summed E-state index contributed by atoms with van der Waals surface area (Å²) < 4.78 is 0. The fourth-order valence-corrected chi connectivity index (χ4v) is 3.72. The van der Waals surface area contributed by atoms with E-state index in [2.05, 4.69) is 34.6 Å². The molecule has 1 heterocycles. The molecule has 110 valence electrons. The van der Waals surface area contributed by atoms with E-state index in [-0.39, 0.29) is 17.0 Å². The van der Waals surface area contributed by atoms with Crippen molar-refractivity contribution in [3.05, 3.63) is 35.9 Å². The molecule has 0 aliphatic carbocycles. The third-order valence-electron chi connectivity index (χ3n) is 3.98. The van der Waals surface area contributed by atoms with Crippen LogP contribution in [0.15, 0.2) is 30.3 Å². The smallest absolute Gasteiger partial charge is 0.357 e. The second-order valence-electron chi connectivity index (χ2n) is 7.18. The Balaban J connectivity index is 2.20.